The lowest BCUT2D eigenvalue weighted by Crippen LogP contribution is -2.38. The zero-order valence-corrected chi connectivity index (χ0v) is 14.2. The van der Waals surface area contributed by atoms with Crippen molar-refractivity contribution in [1.29, 1.82) is 0 Å². The highest BCUT2D eigenvalue weighted by Gasteiger charge is 2.38. The number of aliphatic carboxylic acids is 1. The molecule has 0 bridgehead atoms. The van der Waals surface area contributed by atoms with Gasteiger partial charge in [0.1, 0.15) is 5.82 Å². The van der Waals surface area contributed by atoms with Crippen LogP contribution >= 0.6 is 0 Å². The molecular weight excluding hydrogens is 321 g/mol. The number of amides is 1. The molecule has 1 N–H and O–H groups in total. The van der Waals surface area contributed by atoms with Crippen LogP contribution in [-0.4, -0.2) is 34.5 Å². The summed E-state index contributed by atoms with van der Waals surface area (Å²) in [6.45, 7) is 4.01. The number of nitrogens with zero attached hydrogens (tertiary/aromatic N) is 1. The molecule has 5 heteroatoms. The van der Waals surface area contributed by atoms with E-state index >= 15 is 0 Å². The van der Waals surface area contributed by atoms with Gasteiger partial charge < -0.3 is 10.0 Å². The van der Waals surface area contributed by atoms with Gasteiger partial charge >= 0.3 is 5.97 Å². The Bertz CT molecular complexity index is 816. The summed E-state index contributed by atoms with van der Waals surface area (Å²) in [5.41, 5.74) is 2.68. The topological polar surface area (TPSA) is 57.6 Å². The average molecular weight is 341 g/mol. The highest BCUT2D eigenvalue weighted by molar-refractivity contribution is 5.96. The third-order valence-corrected chi connectivity index (χ3v) is 4.92. The third kappa shape index (κ3) is 3.27. The molecule has 3 rings (SSSR count). The normalized spacial score (nSPS) is 19.9. The Kier molecular flexibility index (Phi) is 4.57. The van der Waals surface area contributed by atoms with Crippen molar-refractivity contribution >= 4 is 11.9 Å². The fourth-order valence-corrected chi connectivity index (χ4v) is 3.33. The molecular formula is C20H20FNO3. The number of benzene rings is 2. The number of carboxylic acid groups (broad SMARTS) is 1. The standard InChI is InChI=1S/C20H20FNO3/c1-12-3-5-14(6-4-12)15-7-8-17(18(21)11-15)19(23)22-10-9-16(13(22)2)20(24)25/h3-8,11,13,16H,9-10H2,1-2H3,(H,24,25). The predicted octanol–water partition coefficient (Wildman–Crippen LogP) is 3.74. The van der Waals surface area contributed by atoms with Crippen molar-refractivity contribution in [3.63, 3.8) is 0 Å². The molecule has 1 heterocycles. The smallest absolute Gasteiger partial charge is 0.308 e. The summed E-state index contributed by atoms with van der Waals surface area (Å²) in [5.74, 6) is -2.56. The van der Waals surface area contributed by atoms with E-state index in [0.29, 0.717) is 18.5 Å². The highest BCUT2D eigenvalue weighted by Crippen LogP contribution is 2.28. The number of halogens is 1. The van der Waals surface area contributed by atoms with Crippen molar-refractivity contribution in [2.45, 2.75) is 26.3 Å². The molecule has 1 saturated heterocycles. The second-order valence-corrected chi connectivity index (χ2v) is 6.53. The molecule has 0 aromatic heterocycles. The molecule has 1 amide bonds. The molecule has 0 radical (unpaired) electrons. The van der Waals surface area contributed by atoms with Crippen molar-refractivity contribution in [3.05, 3.63) is 59.4 Å². The number of carbonyl (C=O) groups excluding carboxylic acids is 1. The molecule has 1 fully saturated rings. The molecule has 2 aromatic carbocycles. The number of carboxylic acids is 1. The molecule has 1 aliphatic rings. The van der Waals surface area contributed by atoms with Crippen LogP contribution in [-0.2, 0) is 4.79 Å². The van der Waals surface area contributed by atoms with Gasteiger partial charge in [0.25, 0.3) is 5.91 Å². The molecule has 2 unspecified atom stereocenters. The van der Waals surface area contributed by atoms with Gasteiger partial charge in [0.15, 0.2) is 0 Å². The van der Waals surface area contributed by atoms with E-state index < -0.39 is 29.7 Å². The van der Waals surface area contributed by atoms with E-state index in [0.717, 1.165) is 11.1 Å². The Morgan fingerprint density at radius 3 is 2.32 bits per heavy atom. The molecule has 130 valence electrons. The summed E-state index contributed by atoms with van der Waals surface area (Å²) in [6.07, 6.45) is 0.394. The maximum atomic E-state index is 14.5. The van der Waals surface area contributed by atoms with E-state index in [2.05, 4.69) is 0 Å². The minimum atomic E-state index is -0.919. The summed E-state index contributed by atoms with van der Waals surface area (Å²) >= 11 is 0. The Hall–Kier alpha value is -2.69. The van der Waals surface area contributed by atoms with Crippen molar-refractivity contribution in [3.8, 4) is 11.1 Å². The van der Waals surface area contributed by atoms with Crippen LogP contribution in [0.1, 0.15) is 29.3 Å². The van der Waals surface area contributed by atoms with Crippen LogP contribution in [0.5, 0.6) is 0 Å². The van der Waals surface area contributed by atoms with Crippen LogP contribution in [0.15, 0.2) is 42.5 Å². The van der Waals surface area contributed by atoms with Crippen LogP contribution in [0.4, 0.5) is 4.39 Å². The fourth-order valence-electron chi connectivity index (χ4n) is 3.33. The average Bonchev–Trinajstić information content (AvgIpc) is 2.96. The Morgan fingerprint density at radius 1 is 1.12 bits per heavy atom. The van der Waals surface area contributed by atoms with Crippen molar-refractivity contribution in [1.82, 2.24) is 4.90 Å². The van der Waals surface area contributed by atoms with Crippen LogP contribution < -0.4 is 0 Å². The summed E-state index contributed by atoms with van der Waals surface area (Å²) in [5, 5.41) is 9.18. The number of hydrogen-bond acceptors (Lipinski definition) is 2. The summed E-state index contributed by atoms with van der Waals surface area (Å²) in [4.78, 5) is 25.3. The summed E-state index contributed by atoms with van der Waals surface area (Å²) in [6, 6.07) is 11.8. The first-order chi connectivity index (χ1) is 11.9. The highest BCUT2D eigenvalue weighted by atomic mass is 19.1. The molecule has 2 atom stereocenters. The minimum Gasteiger partial charge on any atom is -0.481 e. The van der Waals surface area contributed by atoms with Crippen LogP contribution in [0.3, 0.4) is 0 Å². The second kappa shape index (κ2) is 6.67. The van der Waals surface area contributed by atoms with E-state index in [4.69, 9.17) is 0 Å². The first-order valence-corrected chi connectivity index (χ1v) is 8.29. The third-order valence-electron chi connectivity index (χ3n) is 4.92. The van der Waals surface area contributed by atoms with Gasteiger partial charge in [-0.3, -0.25) is 9.59 Å². The number of rotatable bonds is 3. The maximum absolute atomic E-state index is 14.5. The summed E-state index contributed by atoms with van der Waals surface area (Å²) in [7, 11) is 0. The van der Waals surface area contributed by atoms with E-state index in [9.17, 15) is 19.1 Å². The Balaban J connectivity index is 1.85. The van der Waals surface area contributed by atoms with Crippen molar-refractivity contribution < 1.29 is 19.1 Å². The van der Waals surface area contributed by atoms with E-state index in [1.807, 2.05) is 31.2 Å². The van der Waals surface area contributed by atoms with Crippen molar-refractivity contribution in [2.24, 2.45) is 5.92 Å². The Morgan fingerprint density at radius 2 is 1.76 bits per heavy atom. The van der Waals surface area contributed by atoms with Gasteiger partial charge in [-0.05, 0) is 43.5 Å². The Labute approximate surface area is 145 Å². The van der Waals surface area contributed by atoms with Gasteiger partial charge in [-0.2, -0.15) is 0 Å². The van der Waals surface area contributed by atoms with Gasteiger partial charge in [0.05, 0.1) is 11.5 Å². The largest absolute Gasteiger partial charge is 0.481 e. The number of hydrogen-bond donors (Lipinski definition) is 1. The molecule has 0 spiro atoms. The maximum Gasteiger partial charge on any atom is 0.308 e. The van der Waals surface area contributed by atoms with E-state index in [-0.39, 0.29) is 5.56 Å². The zero-order chi connectivity index (χ0) is 18.1. The zero-order valence-electron chi connectivity index (χ0n) is 14.2. The fraction of sp³-hybridized carbons (Fsp3) is 0.300. The van der Waals surface area contributed by atoms with Crippen LogP contribution in [0.2, 0.25) is 0 Å². The number of likely N-dealkylation sites (tertiary alicyclic amines) is 1. The minimum absolute atomic E-state index is 0.0197. The molecule has 1 aliphatic heterocycles. The van der Waals surface area contributed by atoms with Gasteiger partial charge in [-0.25, -0.2) is 4.39 Å². The first-order valence-electron chi connectivity index (χ1n) is 8.29. The van der Waals surface area contributed by atoms with Gasteiger partial charge in [0, 0.05) is 12.6 Å². The molecule has 2 aromatic rings. The SMILES string of the molecule is Cc1ccc(-c2ccc(C(=O)N3CCC(C(=O)O)C3C)c(F)c2)cc1. The summed E-state index contributed by atoms with van der Waals surface area (Å²) < 4.78 is 14.5. The lowest BCUT2D eigenvalue weighted by atomic mass is 10.0. The first kappa shape index (κ1) is 17.1. The monoisotopic (exact) mass is 341 g/mol. The van der Waals surface area contributed by atoms with Crippen LogP contribution in [0.25, 0.3) is 11.1 Å². The lowest BCUT2D eigenvalue weighted by Gasteiger charge is -2.23. The van der Waals surface area contributed by atoms with E-state index in [1.165, 1.54) is 17.0 Å². The predicted molar refractivity (Wildman–Crippen MR) is 92.8 cm³/mol. The number of carbonyl (C=O) groups is 2. The van der Waals surface area contributed by atoms with Crippen LogP contribution in [0, 0.1) is 18.7 Å². The quantitative estimate of drug-likeness (QED) is 0.925. The van der Waals surface area contributed by atoms with E-state index in [1.54, 1.807) is 13.0 Å². The molecule has 25 heavy (non-hydrogen) atoms. The second-order valence-electron chi connectivity index (χ2n) is 6.53. The number of aryl methyl sites for hydroxylation is 1. The van der Waals surface area contributed by atoms with Gasteiger partial charge in [0.2, 0.25) is 0 Å². The molecule has 0 aliphatic carbocycles. The van der Waals surface area contributed by atoms with Gasteiger partial charge in [-0.1, -0.05) is 35.9 Å². The molecule has 0 saturated carbocycles. The molecule has 4 nitrogen and oxygen atoms in total. The lowest BCUT2D eigenvalue weighted by molar-refractivity contribution is -0.142. The van der Waals surface area contributed by atoms with Gasteiger partial charge in [-0.15, -0.1) is 0 Å². The van der Waals surface area contributed by atoms with Crippen molar-refractivity contribution in [2.75, 3.05) is 6.54 Å².